The summed E-state index contributed by atoms with van der Waals surface area (Å²) in [6.45, 7) is 5.10. The van der Waals surface area contributed by atoms with Gasteiger partial charge in [0.1, 0.15) is 5.78 Å². The molecule has 0 heterocycles. The smallest absolute Gasteiger partial charge is 0.139 e. The Hall–Kier alpha value is -1.05. The molecule has 0 spiro atoms. The molecular formula is C21H30O2. The number of ketones is 1. The molecule has 0 aromatic heterocycles. The number of fused-ring (bicyclic) bond motifs is 5. The Morgan fingerprint density at radius 3 is 2.83 bits per heavy atom. The molecule has 0 bridgehead atoms. The second-order valence-corrected chi connectivity index (χ2v) is 8.07. The molecule has 2 nitrogen and oxygen atoms in total. The number of carbonyl (C=O) groups is 1. The van der Waals surface area contributed by atoms with Crippen molar-refractivity contribution in [2.24, 2.45) is 29.1 Å². The molecule has 0 aromatic carbocycles. The van der Waals surface area contributed by atoms with E-state index in [1.165, 1.54) is 30.6 Å². The molecule has 0 N–H and O–H groups in total. The third-order valence-electron chi connectivity index (χ3n) is 7.50. The quantitative estimate of drug-likeness (QED) is 0.728. The van der Waals surface area contributed by atoms with Gasteiger partial charge in [-0.05, 0) is 80.8 Å². The van der Waals surface area contributed by atoms with Crippen molar-refractivity contribution >= 4 is 5.78 Å². The van der Waals surface area contributed by atoms with Gasteiger partial charge in [0.05, 0.1) is 12.4 Å². The maximum Gasteiger partial charge on any atom is 0.139 e. The Morgan fingerprint density at radius 2 is 2.04 bits per heavy atom. The van der Waals surface area contributed by atoms with Gasteiger partial charge in [0.25, 0.3) is 0 Å². The van der Waals surface area contributed by atoms with Gasteiger partial charge >= 0.3 is 0 Å². The second kappa shape index (κ2) is 5.79. The van der Waals surface area contributed by atoms with Crippen molar-refractivity contribution in [1.29, 1.82) is 0 Å². The van der Waals surface area contributed by atoms with Gasteiger partial charge in [-0.15, -0.1) is 0 Å². The molecule has 0 amide bonds. The first kappa shape index (κ1) is 15.5. The van der Waals surface area contributed by atoms with Crippen molar-refractivity contribution in [2.45, 2.75) is 65.2 Å². The summed E-state index contributed by atoms with van der Waals surface area (Å²) in [6, 6.07) is 0. The lowest BCUT2D eigenvalue weighted by atomic mass is 9.52. The van der Waals surface area contributed by atoms with Crippen LogP contribution in [0.5, 0.6) is 0 Å². The second-order valence-electron chi connectivity index (χ2n) is 8.07. The van der Waals surface area contributed by atoms with E-state index in [9.17, 15) is 4.79 Å². The average Bonchev–Trinajstić information content (AvgIpc) is 2.92. The summed E-state index contributed by atoms with van der Waals surface area (Å²) in [5.74, 6) is 4.72. The molecule has 0 saturated heterocycles. The molecule has 4 aliphatic carbocycles. The number of hydrogen-bond donors (Lipinski definition) is 0. The van der Waals surface area contributed by atoms with Crippen LogP contribution in [-0.4, -0.2) is 12.4 Å². The number of Topliss-reactive ketones (excluding diaryl/α,β-unsaturated/α-hetero) is 1. The topological polar surface area (TPSA) is 26.3 Å². The van der Waals surface area contributed by atoms with Crippen LogP contribution in [0.4, 0.5) is 0 Å². The summed E-state index contributed by atoms with van der Waals surface area (Å²) in [5, 5.41) is 0. The number of allylic oxidation sites excluding steroid dienone is 4. The van der Waals surface area contributed by atoms with Gasteiger partial charge in [-0.2, -0.15) is 0 Å². The maximum atomic E-state index is 12.6. The Balaban J connectivity index is 1.61. The molecule has 4 aliphatic rings. The normalized spacial score (nSPS) is 42.3. The van der Waals surface area contributed by atoms with Gasteiger partial charge in [0, 0.05) is 18.3 Å². The van der Waals surface area contributed by atoms with Gasteiger partial charge < -0.3 is 4.74 Å². The van der Waals surface area contributed by atoms with Crippen LogP contribution in [0, 0.1) is 29.1 Å². The largest absolute Gasteiger partial charge is 0.498 e. The lowest BCUT2D eigenvalue weighted by molar-refractivity contribution is -0.132. The van der Waals surface area contributed by atoms with E-state index in [-0.39, 0.29) is 5.41 Å². The molecular weight excluding hydrogens is 284 g/mol. The minimum Gasteiger partial charge on any atom is -0.498 e. The minimum atomic E-state index is 0.0491. The molecule has 126 valence electrons. The number of hydrogen-bond acceptors (Lipinski definition) is 2. The maximum absolute atomic E-state index is 12.6. The molecule has 2 fully saturated rings. The summed E-state index contributed by atoms with van der Waals surface area (Å²) >= 11 is 0. The van der Waals surface area contributed by atoms with Gasteiger partial charge in [-0.25, -0.2) is 0 Å². The Morgan fingerprint density at radius 1 is 1.17 bits per heavy atom. The van der Waals surface area contributed by atoms with E-state index in [1.807, 2.05) is 0 Å². The monoisotopic (exact) mass is 314 g/mol. The van der Waals surface area contributed by atoms with Crippen LogP contribution in [0.2, 0.25) is 0 Å². The predicted molar refractivity (Wildman–Crippen MR) is 91.8 cm³/mol. The molecule has 0 aromatic rings. The third-order valence-corrected chi connectivity index (χ3v) is 7.50. The molecule has 2 saturated carbocycles. The van der Waals surface area contributed by atoms with E-state index in [1.54, 1.807) is 0 Å². The lowest BCUT2D eigenvalue weighted by Gasteiger charge is -2.51. The first-order chi connectivity index (χ1) is 11.2. The van der Waals surface area contributed by atoms with Crippen LogP contribution in [-0.2, 0) is 9.53 Å². The molecule has 23 heavy (non-hydrogen) atoms. The van der Waals surface area contributed by atoms with Crippen molar-refractivity contribution in [3.05, 3.63) is 23.5 Å². The van der Waals surface area contributed by atoms with Gasteiger partial charge in [-0.3, -0.25) is 4.79 Å². The summed E-state index contributed by atoms with van der Waals surface area (Å²) in [7, 11) is 0. The minimum absolute atomic E-state index is 0.0491. The Bertz CT molecular complexity index is 558. The third kappa shape index (κ3) is 2.24. The standard InChI is InChI=1S/C21H30O2/c1-3-21-12-11-17-16-8-6-15(23-4-2)13-14(16)5-7-18(17)19(21)9-10-20(21)22/h5,13,16-19H,3-4,6-12H2,1-2H3/t16-,17+,18+,19-,21-/m0/s1. The summed E-state index contributed by atoms with van der Waals surface area (Å²) in [4.78, 5) is 12.6. The average molecular weight is 314 g/mol. The summed E-state index contributed by atoms with van der Waals surface area (Å²) < 4.78 is 5.76. The molecule has 0 unspecified atom stereocenters. The summed E-state index contributed by atoms with van der Waals surface area (Å²) in [6.07, 6.45) is 13.8. The first-order valence-electron chi connectivity index (χ1n) is 9.76. The molecule has 5 atom stereocenters. The van der Waals surface area contributed by atoms with Gasteiger partial charge in [0.2, 0.25) is 0 Å². The Kier molecular flexibility index (Phi) is 3.90. The van der Waals surface area contributed by atoms with Crippen LogP contribution < -0.4 is 0 Å². The zero-order chi connectivity index (χ0) is 16.0. The molecule has 0 radical (unpaired) electrons. The fourth-order valence-corrected chi connectivity index (χ4v) is 6.45. The van der Waals surface area contributed by atoms with E-state index in [2.05, 4.69) is 26.0 Å². The van der Waals surface area contributed by atoms with Crippen LogP contribution in [0.1, 0.15) is 65.2 Å². The van der Waals surface area contributed by atoms with E-state index >= 15 is 0 Å². The highest BCUT2D eigenvalue weighted by Crippen LogP contribution is 2.61. The number of carbonyl (C=O) groups excluding carboxylic acids is 1. The van der Waals surface area contributed by atoms with Crippen molar-refractivity contribution in [3.63, 3.8) is 0 Å². The highest BCUT2D eigenvalue weighted by molar-refractivity contribution is 5.87. The van der Waals surface area contributed by atoms with E-state index < -0.39 is 0 Å². The van der Waals surface area contributed by atoms with E-state index in [4.69, 9.17) is 4.74 Å². The van der Waals surface area contributed by atoms with E-state index in [0.29, 0.717) is 11.7 Å². The number of rotatable bonds is 3. The molecule has 4 rings (SSSR count). The highest BCUT2D eigenvalue weighted by Gasteiger charge is 2.56. The zero-order valence-corrected chi connectivity index (χ0v) is 14.6. The highest BCUT2D eigenvalue weighted by atomic mass is 16.5. The van der Waals surface area contributed by atoms with Crippen molar-refractivity contribution < 1.29 is 9.53 Å². The van der Waals surface area contributed by atoms with Gasteiger partial charge in [-0.1, -0.05) is 13.0 Å². The van der Waals surface area contributed by atoms with Crippen molar-refractivity contribution in [2.75, 3.05) is 6.61 Å². The van der Waals surface area contributed by atoms with E-state index in [0.717, 1.165) is 56.5 Å². The lowest BCUT2D eigenvalue weighted by Crippen LogP contribution is -2.46. The van der Waals surface area contributed by atoms with Crippen molar-refractivity contribution in [1.82, 2.24) is 0 Å². The van der Waals surface area contributed by atoms with Crippen LogP contribution in [0.25, 0.3) is 0 Å². The van der Waals surface area contributed by atoms with Crippen molar-refractivity contribution in [3.8, 4) is 0 Å². The fourth-order valence-electron chi connectivity index (χ4n) is 6.45. The fraction of sp³-hybridized carbons (Fsp3) is 0.762. The van der Waals surface area contributed by atoms with Gasteiger partial charge in [0.15, 0.2) is 0 Å². The first-order valence-corrected chi connectivity index (χ1v) is 9.76. The number of ether oxygens (including phenoxy) is 1. The van der Waals surface area contributed by atoms with Crippen LogP contribution in [0.3, 0.4) is 0 Å². The summed E-state index contributed by atoms with van der Waals surface area (Å²) in [5.41, 5.74) is 1.59. The van der Waals surface area contributed by atoms with Crippen LogP contribution in [0.15, 0.2) is 23.5 Å². The zero-order valence-electron chi connectivity index (χ0n) is 14.6. The molecule has 0 aliphatic heterocycles. The van der Waals surface area contributed by atoms with Crippen LogP contribution >= 0.6 is 0 Å². The SMILES string of the molecule is CCOC1=CC2=CC[C@@H]3[C@H](CC[C@]4(CC)C(=O)CC[C@@H]34)[C@H]2CC1. The predicted octanol–water partition coefficient (Wildman–Crippen LogP) is 5.05. The molecule has 2 heteroatoms. The Labute approximate surface area is 140 Å².